The summed E-state index contributed by atoms with van der Waals surface area (Å²) in [5.41, 5.74) is 1.11. The summed E-state index contributed by atoms with van der Waals surface area (Å²) >= 11 is 0. The second-order valence-corrected chi connectivity index (χ2v) is 6.39. The summed E-state index contributed by atoms with van der Waals surface area (Å²) in [6, 6.07) is 10.4. The van der Waals surface area contributed by atoms with Gasteiger partial charge in [0.2, 0.25) is 5.91 Å². The normalized spacial score (nSPS) is 17.5. The topological polar surface area (TPSA) is 28.5 Å². The summed E-state index contributed by atoms with van der Waals surface area (Å²) in [6.45, 7) is 6.09. The van der Waals surface area contributed by atoms with Crippen molar-refractivity contribution in [2.75, 3.05) is 26.2 Å². The summed E-state index contributed by atoms with van der Waals surface area (Å²) in [5.74, 6) is -0.0276. The molecule has 2 aromatic rings. The van der Waals surface area contributed by atoms with Gasteiger partial charge in [-0.2, -0.15) is 0 Å². The number of benzene rings is 1. The van der Waals surface area contributed by atoms with Gasteiger partial charge in [0.1, 0.15) is 11.9 Å². The Morgan fingerprint density at radius 2 is 1.79 bits per heavy atom. The average Bonchev–Trinajstić information content (AvgIpc) is 3.03. The monoisotopic (exact) mass is 329 g/mol. The summed E-state index contributed by atoms with van der Waals surface area (Å²) in [7, 11) is 0. The Morgan fingerprint density at radius 1 is 1.08 bits per heavy atom. The zero-order valence-corrected chi connectivity index (χ0v) is 14.1. The number of amides is 1. The van der Waals surface area contributed by atoms with E-state index >= 15 is 0 Å². The van der Waals surface area contributed by atoms with Crippen molar-refractivity contribution in [3.05, 3.63) is 60.2 Å². The van der Waals surface area contributed by atoms with Crippen LogP contribution in [-0.4, -0.2) is 46.5 Å². The van der Waals surface area contributed by atoms with E-state index in [2.05, 4.69) is 4.90 Å². The molecular formula is C19H24FN3O. The molecular weight excluding hydrogens is 305 g/mol. The van der Waals surface area contributed by atoms with Crippen LogP contribution in [0.5, 0.6) is 0 Å². The third-order valence-corrected chi connectivity index (χ3v) is 4.65. The summed E-state index contributed by atoms with van der Waals surface area (Å²) in [5, 5.41) is 0. The Kier molecular flexibility index (Phi) is 5.30. The summed E-state index contributed by atoms with van der Waals surface area (Å²) in [6.07, 6.45) is 4.83. The van der Waals surface area contributed by atoms with Gasteiger partial charge >= 0.3 is 0 Å². The van der Waals surface area contributed by atoms with Crippen LogP contribution < -0.4 is 0 Å². The molecule has 0 spiro atoms. The van der Waals surface area contributed by atoms with Crippen LogP contribution in [0.1, 0.15) is 24.9 Å². The molecule has 1 amide bonds. The third kappa shape index (κ3) is 4.03. The van der Waals surface area contributed by atoms with Crippen molar-refractivity contribution < 1.29 is 9.18 Å². The highest BCUT2D eigenvalue weighted by Gasteiger charge is 2.23. The van der Waals surface area contributed by atoms with E-state index in [9.17, 15) is 9.18 Å². The first-order chi connectivity index (χ1) is 11.6. The van der Waals surface area contributed by atoms with E-state index < -0.39 is 0 Å². The second-order valence-electron chi connectivity index (χ2n) is 6.39. The Morgan fingerprint density at radius 3 is 2.50 bits per heavy atom. The fourth-order valence-corrected chi connectivity index (χ4v) is 3.20. The van der Waals surface area contributed by atoms with Crippen LogP contribution >= 0.6 is 0 Å². The largest absolute Gasteiger partial charge is 0.342 e. The van der Waals surface area contributed by atoms with Gasteiger partial charge < -0.3 is 9.47 Å². The second kappa shape index (κ2) is 7.62. The number of hydrogen-bond acceptors (Lipinski definition) is 2. The Labute approximate surface area is 142 Å². The van der Waals surface area contributed by atoms with Crippen molar-refractivity contribution >= 4 is 5.91 Å². The van der Waals surface area contributed by atoms with E-state index in [0.29, 0.717) is 0 Å². The highest BCUT2D eigenvalue weighted by Crippen LogP contribution is 2.14. The zero-order chi connectivity index (χ0) is 16.9. The average molecular weight is 329 g/mol. The van der Waals surface area contributed by atoms with Gasteiger partial charge in [0.05, 0.1) is 0 Å². The highest BCUT2D eigenvalue weighted by molar-refractivity contribution is 5.80. The Balaban J connectivity index is 1.56. The van der Waals surface area contributed by atoms with Crippen molar-refractivity contribution in [2.24, 2.45) is 0 Å². The molecule has 24 heavy (non-hydrogen) atoms. The lowest BCUT2D eigenvalue weighted by atomic mass is 10.2. The lowest BCUT2D eigenvalue weighted by Crippen LogP contribution is -2.38. The lowest BCUT2D eigenvalue weighted by Gasteiger charge is -2.25. The number of halogens is 1. The van der Waals surface area contributed by atoms with Gasteiger partial charge in [-0.15, -0.1) is 0 Å². The van der Waals surface area contributed by atoms with Gasteiger partial charge in [-0.05, 0) is 43.2 Å². The van der Waals surface area contributed by atoms with Crippen LogP contribution in [0.2, 0.25) is 0 Å². The first-order valence-corrected chi connectivity index (χ1v) is 8.51. The predicted octanol–water partition coefficient (Wildman–Crippen LogP) is 2.92. The molecule has 2 heterocycles. The molecule has 1 saturated heterocycles. The molecule has 1 aromatic heterocycles. The predicted molar refractivity (Wildman–Crippen MR) is 92.0 cm³/mol. The molecule has 0 aliphatic carbocycles. The number of carbonyl (C=O) groups excluding carboxylic acids is 1. The summed E-state index contributed by atoms with van der Waals surface area (Å²) in [4.78, 5) is 17.0. The smallest absolute Gasteiger partial charge is 0.245 e. The summed E-state index contributed by atoms with van der Waals surface area (Å²) < 4.78 is 15.0. The third-order valence-electron chi connectivity index (χ3n) is 4.65. The van der Waals surface area contributed by atoms with E-state index in [1.54, 1.807) is 0 Å². The molecule has 5 heteroatoms. The van der Waals surface area contributed by atoms with Crippen molar-refractivity contribution in [1.29, 1.82) is 0 Å². The highest BCUT2D eigenvalue weighted by atomic mass is 19.1. The van der Waals surface area contributed by atoms with Crippen LogP contribution in [0, 0.1) is 5.82 Å². The lowest BCUT2D eigenvalue weighted by molar-refractivity contribution is -0.134. The number of aromatic nitrogens is 1. The minimum absolute atomic E-state index is 0.163. The van der Waals surface area contributed by atoms with Crippen molar-refractivity contribution in [3.63, 3.8) is 0 Å². The number of carbonyl (C=O) groups is 1. The molecule has 1 fully saturated rings. The van der Waals surface area contributed by atoms with E-state index in [-0.39, 0.29) is 17.8 Å². The van der Waals surface area contributed by atoms with E-state index in [0.717, 1.165) is 44.7 Å². The molecule has 128 valence electrons. The van der Waals surface area contributed by atoms with Crippen LogP contribution in [0.3, 0.4) is 0 Å². The van der Waals surface area contributed by atoms with Crippen LogP contribution in [0.15, 0.2) is 48.8 Å². The van der Waals surface area contributed by atoms with E-state index in [1.807, 2.05) is 53.0 Å². The molecule has 0 N–H and O–H groups in total. The standard InChI is InChI=1S/C19H24FN3O/c1-16(22-10-2-3-11-22)19(24)23-12-4-9-21(13-14-23)15-17-5-7-18(20)8-6-17/h2-3,5-8,10-11,16H,4,9,12-15H2,1H3. The minimum Gasteiger partial charge on any atom is -0.342 e. The number of rotatable bonds is 4. The van der Waals surface area contributed by atoms with E-state index in [1.165, 1.54) is 12.1 Å². The number of nitrogens with zero attached hydrogens (tertiary/aromatic N) is 3. The fourth-order valence-electron chi connectivity index (χ4n) is 3.20. The van der Waals surface area contributed by atoms with Gasteiger partial charge in [-0.3, -0.25) is 9.69 Å². The quantitative estimate of drug-likeness (QED) is 0.863. The molecule has 3 rings (SSSR count). The maximum atomic E-state index is 13.0. The molecule has 1 aliphatic heterocycles. The first-order valence-electron chi connectivity index (χ1n) is 8.51. The van der Waals surface area contributed by atoms with E-state index in [4.69, 9.17) is 0 Å². The van der Waals surface area contributed by atoms with Gasteiger partial charge in [0.25, 0.3) is 0 Å². The number of hydrogen-bond donors (Lipinski definition) is 0. The van der Waals surface area contributed by atoms with Crippen molar-refractivity contribution in [3.8, 4) is 0 Å². The fraction of sp³-hybridized carbons (Fsp3) is 0.421. The molecule has 4 nitrogen and oxygen atoms in total. The molecule has 0 radical (unpaired) electrons. The molecule has 1 aliphatic rings. The SMILES string of the molecule is CC(C(=O)N1CCCN(Cc2ccc(F)cc2)CC1)n1cccc1. The molecule has 1 unspecified atom stereocenters. The van der Waals surface area contributed by atoms with Crippen LogP contribution in [-0.2, 0) is 11.3 Å². The van der Waals surface area contributed by atoms with Crippen molar-refractivity contribution in [1.82, 2.24) is 14.4 Å². The molecule has 1 atom stereocenters. The molecule has 1 aromatic carbocycles. The van der Waals surface area contributed by atoms with Crippen LogP contribution in [0.25, 0.3) is 0 Å². The van der Waals surface area contributed by atoms with Gasteiger partial charge in [0.15, 0.2) is 0 Å². The Bertz CT molecular complexity index is 654. The molecule has 0 bridgehead atoms. The van der Waals surface area contributed by atoms with Gasteiger partial charge in [-0.1, -0.05) is 12.1 Å². The van der Waals surface area contributed by atoms with Crippen molar-refractivity contribution in [2.45, 2.75) is 25.9 Å². The first kappa shape index (κ1) is 16.7. The van der Waals surface area contributed by atoms with Gasteiger partial charge in [0, 0.05) is 45.1 Å². The molecule has 0 saturated carbocycles. The maximum Gasteiger partial charge on any atom is 0.245 e. The minimum atomic E-state index is -0.203. The zero-order valence-electron chi connectivity index (χ0n) is 14.1. The van der Waals surface area contributed by atoms with Crippen LogP contribution in [0.4, 0.5) is 4.39 Å². The van der Waals surface area contributed by atoms with Gasteiger partial charge in [-0.25, -0.2) is 4.39 Å². The maximum absolute atomic E-state index is 13.0. The Hall–Kier alpha value is -2.14.